The Labute approximate surface area is 193 Å². The van der Waals surface area contributed by atoms with Crippen molar-refractivity contribution in [1.29, 1.82) is 0 Å². The van der Waals surface area contributed by atoms with Gasteiger partial charge in [0, 0.05) is 24.7 Å². The summed E-state index contributed by atoms with van der Waals surface area (Å²) < 4.78 is 16.3. The Morgan fingerprint density at radius 3 is 2.33 bits per heavy atom. The van der Waals surface area contributed by atoms with Crippen LogP contribution in [0.1, 0.15) is 43.7 Å². The zero-order chi connectivity index (χ0) is 22.8. The van der Waals surface area contributed by atoms with Crippen LogP contribution in [0.15, 0.2) is 78.9 Å². The second-order valence-corrected chi connectivity index (χ2v) is 8.73. The molecule has 0 N–H and O–H groups in total. The van der Waals surface area contributed by atoms with E-state index in [2.05, 4.69) is 11.5 Å². The number of hydrogen-bond donors (Lipinski definition) is 0. The van der Waals surface area contributed by atoms with Crippen LogP contribution in [0.2, 0.25) is 0 Å². The smallest absolute Gasteiger partial charge is 0.230 e. The minimum absolute atomic E-state index is 0.106. The summed E-state index contributed by atoms with van der Waals surface area (Å²) in [6.07, 6.45) is 2.42. The van der Waals surface area contributed by atoms with E-state index in [9.17, 15) is 9.18 Å². The quantitative estimate of drug-likeness (QED) is 0.370. The van der Waals surface area contributed by atoms with Crippen LogP contribution >= 0.6 is 0 Å². The lowest BCUT2D eigenvalue weighted by atomic mass is 9.93. The summed E-state index contributed by atoms with van der Waals surface area (Å²) >= 11 is 0. The van der Waals surface area contributed by atoms with Crippen molar-refractivity contribution in [1.82, 2.24) is 14.5 Å². The number of benzene rings is 3. The van der Waals surface area contributed by atoms with E-state index in [0.29, 0.717) is 13.1 Å². The Bertz CT molecular complexity index is 1240. The summed E-state index contributed by atoms with van der Waals surface area (Å²) in [7, 11) is 0. The van der Waals surface area contributed by atoms with Gasteiger partial charge >= 0.3 is 0 Å². The zero-order valence-corrected chi connectivity index (χ0v) is 18.8. The van der Waals surface area contributed by atoms with E-state index < -0.39 is 0 Å². The highest BCUT2D eigenvalue weighted by Crippen LogP contribution is 2.34. The first-order valence-corrected chi connectivity index (χ1v) is 11.7. The normalized spacial score (nSPS) is 15.6. The number of carbonyl (C=O) groups is 1. The van der Waals surface area contributed by atoms with Crippen LogP contribution in [0, 0.1) is 5.82 Å². The van der Waals surface area contributed by atoms with Gasteiger partial charge in [0.15, 0.2) is 0 Å². The molecule has 2 heterocycles. The van der Waals surface area contributed by atoms with Crippen molar-refractivity contribution in [2.45, 2.75) is 38.1 Å². The number of rotatable bonds is 5. The van der Waals surface area contributed by atoms with Gasteiger partial charge in [0.05, 0.1) is 17.0 Å². The summed E-state index contributed by atoms with van der Waals surface area (Å²) in [5.74, 6) is 0.694. The number of imidazole rings is 1. The van der Waals surface area contributed by atoms with Gasteiger partial charge in [-0.25, -0.2) is 9.37 Å². The molecule has 1 aromatic heterocycles. The van der Waals surface area contributed by atoms with Crippen molar-refractivity contribution in [3.63, 3.8) is 0 Å². The number of amides is 1. The molecule has 5 rings (SSSR count). The topological polar surface area (TPSA) is 38.1 Å². The van der Waals surface area contributed by atoms with Gasteiger partial charge in [-0.1, -0.05) is 67.6 Å². The van der Waals surface area contributed by atoms with Crippen LogP contribution in [0.4, 0.5) is 4.39 Å². The molecule has 1 amide bonds. The molecule has 0 aliphatic carbocycles. The third kappa shape index (κ3) is 4.15. The van der Waals surface area contributed by atoms with Gasteiger partial charge in [-0.15, -0.1) is 0 Å². The third-order valence-corrected chi connectivity index (χ3v) is 6.73. The monoisotopic (exact) mass is 441 g/mol. The largest absolute Gasteiger partial charge is 0.342 e. The van der Waals surface area contributed by atoms with E-state index in [1.807, 2.05) is 65.6 Å². The molecule has 33 heavy (non-hydrogen) atoms. The van der Waals surface area contributed by atoms with Crippen LogP contribution in [0.3, 0.4) is 0 Å². The number of halogens is 1. The summed E-state index contributed by atoms with van der Waals surface area (Å²) in [4.78, 5) is 20.2. The van der Waals surface area contributed by atoms with Crippen LogP contribution in [-0.2, 0) is 4.79 Å². The minimum Gasteiger partial charge on any atom is -0.342 e. The lowest BCUT2D eigenvalue weighted by molar-refractivity contribution is -0.134. The number of likely N-dealkylation sites (tertiary alicyclic amines) is 1. The van der Waals surface area contributed by atoms with E-state index >= 15 is 0 Å². The molecule has 1 unspecified atom stereocenters. The summed E-state index contributed by atoms with van der Waals surface area (Å²) in [6.45, 7) is 3.45. The molecule has 3 aromatic carbocycles. The minimum atomic E-state index is -0.260. The molecule has 0 radical (unpaired) electrons. The highest BCUT2D eigenvalue weighted by atomic mass is 19.1. The third-order valence-electron chi connectivity index (χ3n) is 6.73. The van der Waals surface area contributed by atoms with E-state index in [4.69, 9.17) is 4.98 Å². The molecule has 4 aromatic rings. The Morgan fingerprint density at radius 2 is 1.67 bits per heavy atom. The molecular formula is C28H28FN3O. The average Bonchev–Trinajstić information content (AvgIpc) is 3.24. The molecule has 168 valence electrons. The van der Waals surface area contributed by atoms with Gasteiger partial charge in [0.1, 0.15) is 11.6 Å². The second kappa shape index (κ2) is 9.18. The van der Waals surface area contributed by atoms with E-state index in [1.165, 1.54) is 6.07 Å². The maximum atomic E-state index is 14.2. The Hall–Kier alpha value is -3.47. The molecule has 0 bridgehead atoms. The number of piperidine rings is 1. The summed E-state index contributed by atoms with van der Waals surface area (Å²) in [5.41, 5.74) is 3.70. The number of aromatic nitrogens is 2. The molecule has 1 fully saturated rings. The number of fused-ring (bicyclic) bond motifs is 1. The Balaban J connectivity index is 1.42. The SMILES string of the molecule is CCC(C(=O)N1CCC(n2c(-c3ccccc3)nc3ccc(F)cc32)CC1)c1ccccc1. The molecule has 5 heteroatoms. The molecule has 0 saturated carbocycles. The van der Waals surface area contributed by atoms with Crippen LogP contribution in [0.25, 0.3) is 22.4 Å². The number of nitrogens with zero attached hydrogens (tertiary/aromatic N) is 3. The maximum Gasteiger partial charge on any atom is 0.230 e. The Morgan fingerprint density at radius 1 is 1.00 bits per heavy atom. The first-order valence-electron chi connectivity index (χ1n) is 11.7. The van der Waals surface area contributed by atoms with Crippen LogP contribution in [-0.4, -0.2) is 33.4 Å². The lowest BCUT2D eigenvalue weighted by Gasteiger charge is -2.35. The molecule has 0 spiro atoms. The fourth-order valence-corrected chi connectivity index (χ4v) is 5.03. The van der Waals surface area contributed by atoms with Gasteiger partial charge < -0.3 is 9.47 Å². The predicted molar refractivity (Wildman–Crippen MR) is 129 cm³/mol. The Kier molecular flexibility index (Phi) is 5.95. The number of carbonyl (C=O) groups excluding carboxylic acids is 1. The fourth-order valence-electron chi connectivity index (χ4n) is 5.03. The average molecular weight is 442 g/mol. The van der Waals surface area contributed by atoms with Crippen LogP contribution < -0.4 is 0 Å². The van der Waals surface area contributed by atoms with E-state index in [-0.39, 0.29) is 23.7 Å². The maximum absolute atomic E-state index is 14.2. The molecule has 4 nitrogen and oxygen atoms in total. The number of hydrogen-bond acceptors (Lipinski definition) is 2. The van der Waals surface area contributed by atoms with Crippen LogP contribution in [0.5, 0.6) is 0 Å². The molecule has 1 aliphatic heterocycles. The van der Waals surface area contributed by atoms with Gasteiger partial charge in [0.25, 0.3) is 0 Å². The van der Waals surface area contributed by atoms with Crippen molar-refractivity contribution < 1.29 is 9.18 Å². The highest BCUT2D eigenvalue weighted by molar-refractivity contribution is 5.84. The van der Waals surface area contributed by atoms with Crippen molar-refractivity contribution in [2.75, 3.05) is 13.1 Å². The lowest BCUT2D eigenvalue weighted by Crippen LogP contribution is -2.41. The van der Waals surface area contributed by atoms with Gasteiger partial charge in [-0.2, -0.15) is 0 Å². The van der Waals surface area contributed by atoms with Crippen molar-refractivity contribution in [2.24, 2.45) is 0 Å². The van der Waals surface area contributed by atoms with Crippen molar-refractivity contribution in [3.05, 3.63) is 90.2 Å². The van der Waals surface area contributed by atoms with E-state index in [1.54, 1.807) is 12.1 Å². The predicted octanol–water partition coefficient (Wildman–Crippen LogP) is 6.20. The second-order valence-electron chi connectivity index (χ2n) is 8.73. The molecule has 1 aliphatic rings. The standard InChI is InChI=1S/C28H28FN3O/c1-2-24(20-9-5-3-6-10-20)28(33)31-17-15-23(16-18-31)32-26-19-22(29)13-14-25(26)30-27(32)21-11-7-4-8-12-21/h3-14,19,23-24H,2,15-18H2,1H3. The van der Waals surface area contributed by atoms with E-state index in [0.717, 1.165) is 47.2 Å². The van der Waals surface area contributed by atoms with Gasteiger partial charge in [0.2, 0.25) is 5.91 Å². The fraction of sp³-hybridized carbons (Fsp3) is 0.286. The zero-order valence-electron chi connectivity index (χ0n) is 18.8. The highest BCUT2D eigenvalue weighted by Gasteiger charge is 2.30. The first-order chi connectivity index (χ1) is 16.2. The molecule has 1 atom stereocenters. The summed E-state index contributed by atoms with van der Waals surface area (Å²) in [5, 5.41) is 0. The first kappa shape index (κ1) is 21.4. The molecular weight excluding hydrogens is 413 g/mol. The molecule has 1 saturated heterocycles. The van der Waals surface area contributed by atoms with Crippen molar-refractivity contribution in [3.8, 4) is 11.4 Å². The van der Waals surface area contributed by atoms with Crippen molar-refractivity contribution >= 4 is 16.9 Å². The van der Waals surface area contributed by atoms with Gasteiger partial charge in [-0.3, -0.25) is 4.79 Å². The van der Waals surface area contributed by atoms with Gasteiger partial charge in [-0.05, 0) is 43.0 Å². The summed E-state index contributed by atoms with van der Waals surface area (Å²) in [6, 6.07) is 25.0.